The fourth-order valence-electron chi connectivity index (χ4n) is 0.914. The standard InChI is InChI=1S/C8H11N3O/c1-2-7(12)6-4-3-5-8(9)11(6)10/h2-5,8H,1,9-10H2. The Morgan fingerprint density at radius 1 is 1.75 bits per heavy atom. The maximum atomic E-state index is 11.1. The van der Waals surface area contributed by atoms with Crippen LogP contribution >= 0.6 is 0 Å². The average Bonchev–Trinajstić information content (AvgIpc) is 2.08. The fraction of sp³-hybridized carbons (Fsp3) is 0.125. The lowest BCUT2D eigenvalue weighted by atomic mass is 10.2. The molecule has 0 aromatic heterocycles. The molecule has 1 heterocycles. The molecule has 1 unspecified atom stereocenters. The lowest BCUT2D eigenvalue weighted by Crippen LogP contribution is -2.47. The second-order valence-electron chi connectivity index (χ2n) is 2.40. The van der Waals surface area contributed by atoms with E-state index in [1.54, 1.807) is 18.2 Å². The van der Waals surface area contributed by atoms with Crippen LogP contribution in [0.5, 0.6) is 0 Å². The normalized spacial score (nSPS) is 22.0. The molecule has 0 spiro atoms. The number of hydrazine groups is 1. The third-order valence-corrected chi connectivity index (χ3v) is 1.60. The van der Waals surface area contributed by atoms with E-state index in [2.05, 4.69) is 6.58 Å². The molecule has 1 rings (SSSR count). The minimum atomic E-state index is -0.436. The van der Waals surface area contributed by atoms with Gasteiger partial charge < -0.3 is 5.73 Å². The van der Waals surface area contributed by atoms with Crippen molar-refractivity contribution in [3.63, 3.8) is 0 Å². The van der Waals surface area contributed by atoms with Crippen LogP contribution in [0.2, 0.25) is 0 Å². The van der Waals surface area contributed by atoms with E-state index in [4.69, 9.17) is 11.6 Å². The molecule has 4 N–H and O–H groups in total. The third kappa shape index (κ3) is 1.44. The molecule has 4 nitrogen and oxygen atoms in total. The topological polar surface area (TPSA) is 72.4 Å². The first-order valence-corrected chi connectivity index (χ1v) is 3.51. The van der Waals surface area contributed by atoms with Crippen molar-refractivity contribution in [3.05, 3.63) is 36.6 Å². The first-order chi connectivity index (χ1) is 5.66. The van der Waals surface area contributed by atoms with Gasteiger partial charge in [-0.15, -0.1) is 0 Å². The molecule has 4 heteroatoms. The van der Waals surface area contributed by atoms with Crippen molar-refractivity contribution in [3.8, 4) is 0 Å². The summed E-state index contributed by atoms with van der Waals surface area (Å²) in [5.74, 6) is 5.29. The number of carbonyl (C=O) groups is 1. The molecule has 1 aliphatic heterocycles. The molecule has 0 fully saturated rings. The highest BCUT2D eigenvalue weighted by Gasteiger charge is 2.17. The molecule has 0 saturated heterocycles. The monoisotopic (exact) mass is 165 g/mol. The number of hydrogen-bond acceptors (Lipinski definition) is 4. The Hall–Kier alpha value is -1.39. The SMILES string of the molecule is C=CC(=O)C1=CC=CC(N)N1N. The van der Waals surface area contributed by atoms with Gasteiger partial charge in [0.05, 0.1) is 0 Å². The zero-order valence-electron chi connectivity index (χ0n) is 6.60. The van der Waals surface area contributed by atoms with Crippen molar-refractivity contribution >= 4 is 5.78 Å². The smallest absolute Gasteiger partial charge is 0.202 e. The van der Waals surface area contributed by atoms with Gasteiger partial charge in [0.15, 0.2) is 0 Å². The number of rotatable bonds is 2. The van der Waals surface area contributed by atoms with Crippen molar-refractivity contribution in [1.82, 2.24) is 5.01 Å². The molecular weight excluding hydrogens is 154 g/mol. The second-order valence-corrected chi connectivity index (χ2v) is 2.40. The van der Waals surface area contributed by atoms with Gasteiger partial charge in [0.1, 0.15) is 11.9 Å². The quantitative estimate of drug-likeness (QED) is 0.433. The highest BCUT2D eigenvalue weighted by molar-refractivity contribution is 6.03. The Kier molecular flexibility index (Phi) is 2.42. The van der Waals surface area contributed by atoms with E-state index in [1.807, 2.05) is 0 Å². The van der Waals surface area contributed by atoms with Crippen LogP contribution < -0.4 is 11.6 Å². The molecule has 0 saturated carbocycles. The summed E-state index contributed by atoms with van der Waals surface area (Å²) >= 11 is 0. The molecule has 0 aliphatic carbocycles. The Morgan fingerprint density at radius 2 is 2.42 bits per heavy atom. The summed E-state index contributed by atoms with van der Waals surface area (Å²) in [6.07, 6.45) is 5.77. The van der Waals surface area contributed by atoms with Crippen LogP contribution in [0.1, 0.15) is 0 Å². The zero-order chi connectivity index (χ0) is 9.14. The van der Waals surface area contributed by atoms with Crippen LogP contribution in [0, 0.1) is 0 Å². The van der Waals surface area contributed by atoms with E-state index in [-0.39, 0.29) is 5.78 Å². The van der Waals surface area contributed by atoms with Gasteiger partial charge in [-0.05, 0) is 18.2 Å². The second kappa shape index (κ2) is 3.34. The van der Waals surface area contributed by atoms with E-state index in [9.17, 15) is 4.79 Å². The van der Waals surface area contributed by atoms with Crippen LogP contribution in [0.3, 0.4) is 0 Å². The summed E-state index contributed by atoms with van der Waals surface area (Å²) in [6, 6.07) is 0. The number of ketones is 1. The molecule has 0 aromatic rings. The van der Waals surface area contributed by atoms with Gasteiger partial charge in [-0.1, -0.05) is 12.7 Å². The van der Waals surface area contributed by atoms with Crippen LogP contribution in [-0.4, -0.2) is 17.0 Å². The van der Waals surface area contributed by atoms with Gasteiger partial charge in [0.25, 0.3) is 0 Å². The van der Waals surface area contributed by atoms with Crippen molar-refractivity contribution in [1.29, 1.82) is 0 Å². The molecule has 0 bridgehead atoms. The highest BCUT2D eigenvalue weighted by Crippen LogP contribution is 2.09. The van der Waals surface area contributed by atoms with Gasteiger partial charge in [-0.3, -0.25) is 9.80 Å². The van der Waals surface area contributed by atoms with Crippen LogP contribution in [0.4, 0.5) is 0 Å². The maximum absolute atomic E-state index is 11.1. The van der Waals surface area contributed by atoms with Gasteiger partial charge in [-0.2, -0.15) is 0 Å². The minimum Gasteiger partial charge on any atom is -0.307 e. The average molecular weight is 165 g/mol. The first-order valence-electron chi connectivity index (χ1n) is 3.51. The van der Waals surface area contributed by atoms with Gasteiger partial charge >= 0.3 is 0 Å². The highest BCUT2D eigenvalue weighted by atomic mass is 16.1. The van der Waals surface area contributed by atoms with Crippen molar-refractivity contribution < 1.29 is 4.79 Å². The third-order valence-electron chi connectivity index (χ3n) is 1.60. The Balaban J connectivity index is 2.89. The zero-order valence-corrected chi connectivity index (χ0v) is 6.60. The molecule has 1 atom stereocenters. The number of allylic oxidation sites excluding steroid dienone is 3. The lowest BCUT2D eigenvalue weighted by Gasteiger charge is -2.26. The molecule has 1 aliphatic rings. The summed E-state index contributed by atoms with van der Waals surface area (Å²) in [4.78, 5) is 11.1. The van der Waals surface area contributed by atoms with Gasteiger partial charge in [0.2, 0.25) is 5.78 Å². The predicted molar refractivity (Wildman–Crippen MR) is 46.4 cm³/mol. The Morgan fingerprint density at radius 3 is 3.00 bits per heavy atom. The van der Waals surface area contributed by atoms with E-state index in [0.717, 1.165) is 0 Å². The van der Waals surface area contributed by atoms with Crippen molar-refractivity contribution in [2.75, 3.05) is 0 Å². The van der Waals surface area contributed by atoms with Crippen molar-refractivity contribution in [2.45, 2.75) is 6.17 Å². The van der Waals surface area contributed by atoms with E-state index >= 15 is 0 Å². The summed E-state index contributed by atoms with van der Waals surface area (Å²) < 4.78 is 0. The largest absolute Gasteiger partial charge is 0.307 e. The molecule has 0 aromatic carbocycles. The minimum absolute atomic E-state index is 0.225. The number of nitrogens with zero attached hydrogens (tertiary/aromatic N) is 1. The fourth-order valence-corrected chi connectivity index (χ4v) is 0.914. The van der Waals surface area contributed by atoms with E-state index in [0.29, 0.717) is 5.70 Å². The summed E-state index contributed by atoms with van der Waals surface area (Å²) in [7, 11) is 0. The Labute approximate surface area is 70.8 Å². The van der Waals surface area contributed by atoms with Crippen molar-refractivity contribution in [2.24, 2.45) is 11.6 Å². The molecule has 0 amide bonds. The first kappa shape index (κ1) is 8.70. The lowest BCUT2D eigenvalue weighted by molar-refractivity contribution is -0.113. The predicted octanol–water partition coefficient (Wildman–Crippen LogP) is -0.344. The summed E-state index contributed by atoms with van der Waals surface area (Å²) in [5, 5.41) is 1.21. The molecule has 0 radical (unpaired) electrons. The number of carbonyl (C=O) groups excluding carboxylic acids is 1. The summed E-state index contributed by atoms with van der Waals surface area (Å²) in [5.41, 5.74) is 5.91. The van der Waals surface area contributed by atoms with Gasteiger partial charge in [0, 0.05) is 0 Å². The van der Waals surface area contributed by atoms with Crippen LogP contribution in [0.15, 0.2) is 36.6 Å². The van der Waals surface area contributed by atoms with Gasteiger partial charge in [-0.25, -0.2) is 5.84 Å². The molecular formula is C8H11N3O. The summed E-state index contributed by atoms with van der Waals surface area (Å²) in [6.45, 7) is 3.36. The van der Waals surface area contributed by atoms with Crippen LogP contribution in [-0.2, 0) is 4.79 Å². The number of hydrogen-bond donors (Lipinski definition) is 2. The van der Waals surface area contributed by atoms with E-state index < -0.39 is 6.17 Å². The van der Waals surface area contributed by atoms with E-state index in [1.165, 1.54) is 11.1 Å². The maximum Gasteiger partial charge on any atom is 0.202 e. The Bertz CT molecular complexity index is 267. The van der Waals surface area contributed by atoms with Crippen LogP contribution in [0.25, 0.3) is 0 Å². The number of nitrogens with two attached hydrogens (primary N) is 2. The molecule has 64 valence electrons. The molecule has 12 heavy (non-hydrogen) atoms.